The lowest BCUT2D eigenvalue weighted by Gasteiger charge is -2.03. The Morgan fingerprint density at radius 1 is 1.35 bits per heavy atom. The lowest BCUT2D eigenvalue weighted by Crippen LogP contribution is -2.05. The van der Waals surface area contributed by atoms with Crippen molar-refractivity contribution in [2.75, 3.05) is 26.1 Å². The number of fused-ring (bicyclic) bond motifs is 1. The van der Waals surface area contributed by atoms with Gasteiger partial charge in [0.2, 0.25) is 0 Å². The van der Waals surface area contributed by atoms with Gasteiger partial charge < -0.3 is 20.3 Å². The molecule has 0 amide bonds. The van der Waals surface area contributed by atoms with E-state index in [9.17, 15) is 0 Å². The number of aliphatic hydroxyl groups is 1. The number of H-pyrrole nitrogens is 1. The number of imidazole rings is 1. The highest BCUT2D eigenvalue weighted by Crippen LogP contribution is 2.20. The third-order valence-corrected chi connectivity index (χ3v) is 2.06. The summed E-state index contributed by atoms with van der Waals surface area (Å²) < 4.78 is 10.2. The molecule has 8 nitrogen and oxygen atoms in total. The Labute approximate surface area is 96.8 Å². The van der Waals surface area contributed by atoms with Crippen molar-refractivity contribution in [3.63, 3.8) is 0 Å². The van der Waals surface area contributed by atoms with Crippen molar-refractivity contribution >= 4 is 17.0 Å². The van der Waals surface area contributed by atoms with Crippen LogP contribution in [0.4, 0.5) is 5.82 Å². The molecule has 2 rings (SSSR count). The van der Waals surface area contributed by atoms with E-state index >= 15 is 0 Å². The molecule has 0 aromatic carbocycles. The number of nitrogens with two attached hydrogens (primary N) is 1. The summed E-state index contributed by atoms with van der Waals surface area (Å²) in [5, 5.41) is 8.63. The Morgan fingerprint density at radius 3 is 2.88 bits per heavy atom. The quantitative estimate of drug-likeness (QED) is 0.613. The van der Waals surface area contributed by atoms with Crippen molar-refractivity contribution < 1.29 is 14.6 Å². The molecule has 2 aromatic rings. The molecule has 0 radical (unpaired) electrons. The van der Waals surface area contributed by atoms with Gasteiger partial charge in [0.05, 0.1) is 13.7 Å². The number of methoxy groups -OCH3 is 1. The van der Waals surface area contributed by atoms with Crippen LogP contribution in [0.3, 0.4) is 0 Å². The largest absolute Gasteiger partial charge is 0.468 e. The van der Waals surface area contributed by atoms with Crippen LogP contribution in [0.1, 0.15) is 6.42 Å². The van der Waals surface area contributed by atoms with Crippen molar-refractivity contribution in [3.05, 3.63) is 0 Å². The minimum atomic E-state index is 0.0512. The molecular weight excluding hydrogens is 226 g/mol. The molecule has 0 fully saturated rings. The fourth-order valence-corrected chi connectivity index (χ4v) is 1.27. The molecule has 0 bridgehead atoms. The molecule has 17 heavy (non-hydrogen) atoms. The van der Waals surface area contributed by atoms with Crippen LogP contribution in [-0.4, -0.2) is 45.4 Å². The predicted octanol–water partition coefficient (Wildman–Crippen LogP) is -0.295. The molecule has 2 aromatic heterocycles. The molecule has 0 aliphatic carbocycles. The summed E-state index contributed by atoms with van der Waals surface area (Å²) in [5.41, 5.74) is 6.60. The maximum Gasteiger partial charge on any atom is 0.320 e. The van der Waals surface area contributed by atoms with Gasteiger partial charge in [0.25, 0.3) is 6.01 Å². The number of aromatic nitrogens is 4. The number of rotatable bonds is 5. The van der Waals surface area contributed by atoms with Crippen LogP contribution in [0.25, 0.3) is 11.2 Å². The molecule has 0 unspecified atom stereocenters. The summed E-state index contributed by atoms with van der Waals surface area (Å²) in [6, 6.07) is 0.461. The van der Waals surface area contributed by atoms with Crippen LogP contribution < -0.4 is 15.2 Å². The van der Waals surface area contributed by atoms with Gasteiger partial charge in [-0.1, -0.05) is 0 Å². The van der Waals surface area contributed by atoms with Crippen molar-refractivity contribution in [1.82, 2.24) is 19.9 Å². The van der Waals surface area contributed by atoms with Gasteiger partial charge in [0.15, 0.2) is 17.0 Å². The second-order valence-corrected chi connectivity index (χ2v) is 3.26. The maximum absolute atomic E-state index is 8.63. The summed E-state index contributed by atoms with van der Waals surface area (Å²) in [6.07, 6.45) is 0.508. The average Bonchev–Trinajstić information content (AvgIpc) is 2.73. The normalized spacial score (nSPS) is 10.7. The molecule has 4 N–H and O–H groups in total. The van der Waals surface area contributed by atoms with Gasteiger partial charge in [-0.15, -0.1) is 0 Å². The zero-order valence-electron chi connectivity index (χ0n) is 9.30. The topological polar surface area (TPSA) is 119 Å². The number of aromatic amines is 1. The van der Waals surface area contributed by atoms with E-state index in [1.807, 2.05) is 0 Å². The van der Waals surface area contributed by atoms with Crippen molar-refractivity contribution in [1.29, 1.82) is 0 Å². The first-order valence-corrected chi connectivity index (χ1v) is 5.05. The first-order chi connectivity index (χ1) is 8.24. The van der Waals surface area contributed by atoms with Gasteiger partial charge in [-0.3, -0.25) is 4.98 Å². The van der Waals surface area contributed by atoms with Crippen LogP contribution in [0, 0.1) is 0 Å². The second-order valence-electron chi connectivity index (χ2n) is 3.26. The first-order valence-electron chi connectivity index (χ1n) is 5.05. The number of nitrogens with zero attached hydrogens (tertiary/aromatic N) is 3. The molecular formula is C9H13N5O3. The highest BCUT2D eigenvalue weighted by molar-refractivity contribution is 5.82. The molecule has 0 saturated heterocycles. The molecule has 92 valence electrons. The number of hydrogen-bond acceptors (Lipinski definition) is 7. The van der Waals surface area contributed by atoms with Gasteiger partial charge in [-0.2, -0.15) is 15.0 Å². The maximum atomic E-state index is 8.63. The van der Waals surface area contributed by atoms with Crippen molar-refractivity contribution in [2.45, 2.75) is 6.42 Å². The van der Waals surface area contributed by atoms with Gasteiger partial charge in [0.1, 0.15) is 0 Å². The predicted molar refractivity (Wildman–Crippen MR) is 59.8 cm³/mol. The van der Waals surface area contributed by atoms with E-state index in [4.69, 9.17) is 20.3 Å². The van der Waals surface area contributed by atoms with E-state index in [2.05, 4.69) is 19.9 Å². The molecule has 8 heteroatoms. The Balaban J connectivity index is 2.27. The molecule has 0 spiro atoms. The summed E-state index contributed by atoms with van der Waals surface area (Å²) in [5.74, 6) is 0.216. The first kappa shape index (κ1) is 11.4. The fourth-order valence-electron chi connectivity index (χ4n) is 1.27. The lowest BCUT2D eigenvalue weighted by molar-refractivity contribution is 0.225. The molecule has 0 atom stereocenters. The van der Waals surface area contributed by atoms with Crippen LogP contribution in [-0.2, 0) is 0 Å². The molecule has 0 saturated carbocycles. The van der Waals surface area contributed by atoms with Crippen molar-refractivity contribution in [2.24, 2.45) is 0 Å². The number of nitrogens with one attached hydrogen (secondary N) is 1. The minimum Gasteiger partial charge on any atom is -0.468 e. The summed E-state index contributed by atoms with van der Waals surface area (Å²) >= 11 is 0. The van der Waals surface area contributed by atoms with Gasteiger partial charge in [-0.25, -0.2) is 0 Å². The molecule has 0 aliphatic heterocycles. The Hall–Kier alpha value is -2.09. The third-order valence-electron chi connectivity index (χ3n) is 2.06. The Kier molecular flexibility index (Phi) is 3.24. The van der Waals surface area contributed by atoms with E-state index in [0.29, 0.717) is 30.2 Å². The third kappa shape index (κ3) is 2.36. The van der Waals surface area contributed by atoms with Gasteiger partial charge >= 0.3 is 6.01 Å². The van der Waals surface area contributed by atoms with Crippen LogP contribution in [0.2, 0.25) is 0 Å². The van der Waals surface area contributed by atoms with E-state index in [0.717, 1.165) is 0 Å². The van der Waals surface area contributed by atoms with Crippen LogP contribution >= 0.6 is 0 Å². The number of anilines is 1. The highest BCUT2D eigenvalue weighted by Gasteiger charge is 2.11. The Morgan fingerprint density at radius 2 is 2.18 bits per heavy atom. The number of ether oxygens (including phenoxy) is 2. The monoisotopic (exact) mass is 239 g/mol. The number of hydrogen-bond donors (Lipinski definition) is 3. The van der Waals surface area contributed by atoms with E-state index < -0.39 is 0 Å². The van der Waals surface area contributed by atoms with Crippen molar-refractivity contribution in [3.8, 4) is 12.0 Å². The number of nitrogen functional groups attached to an aromatic ring is 1. The molecule has 0 aliphatic rings. The van der Waals surface area contributed by atoms with E-state index in [-0.39, 0.29) is 18.4 Å². The lowest BCUT2D eigenvalue weighted by atomic mass is 10.5. The SMILES string of the molecule is COc1nc2c(N)nc(OCCCO)nc2[nH]1. The van der Waals surface area contributed by atoms with E-state index in [1.165, 1.54) is 7.11 Å². The second kappa shape index (κ2) is 4.83. The zero-order valence-corrected chi connectivity index (χ0v) is 9.30. The fraction of sp³-hybridized carbons (Fsp3) is 0.444. The van der Waals surface area contributed by atoms with Crippen LogP contribution in [0.5, 0.6) is 12.0 Å². The number of aliphatic hydroxyl groups excluding tert-OH is 1. The summed E-state index contributed by atoms with van der Waals surface area (Å²) in [6.45, 7) is 0.377. The van der Waals surface area contributed by atoms with Gasteiger partial charge in [-0.05, 0) is 0 Å². The summed E-state index contributed by atoms with van der Waals surface area (Å²) in [4.78, 5) is 14.9. The summed E-state index contributed by atoms with van der Waals surface area (Å²) in [7, 11) is 1.49. The van der Waals surface area contributed by atoms with Crippen LogP contribution in [0.15, 0.2) is 0 Å². The minimum absolute atomic E-state index is 0.0512. The average molecular weight is 239 g/mol. The smallest absolute Gasteiger partial charge is 0.320 e. The zero-order chi connectivity index (χ0) is 12.3. The Bertz CT molecular complexity index is 513. The van der Waals surface area contributed by atoms with E-state index in [1.54, 1.807) is 0 Å². The standard InChI is InChI=1S/C9H13N5O3/c1-16-8-11-5-6(10)12-9(14-7(5)13-8)17-4-2-3-15/h15H,2-4H2,1H3,(H3,10,11,12,13,14). The van der Waals surface area contributed by atoms with Gasteiger partial charge in [0, 0.05) is 13.0 Å². The highest BCUT2D eigenvalue weighted by atomic mass is 16.5. The molecule has 2 heterocycles.